The number of aryl methyl sites for hydroxylation is 2. The topological polar surface area (TPSA) is 0 Å². The normalized spacial score (nSPS) is 7.33. The van der Waals surface area contributed by atoms with Crippen LogP contribution >= 0.6 is 0 Å². The molecule has 1 rings (SSSR count). The fourth-order valence-corrected chi connectivity index (χ4v) is 1.13. The molecule has 0 amide bonds. The molecule has 0 atom stereocenters. The zero-order chi connectivity index (χ0) is 9.72. The molecule has 0 heterocycles. The van der Waals surface area contributed by atoms with Gasteiger partial charge in [0.1, 0.15) is 0 Å². The molecule has 0 saturated carbocycles. The molecule has 0 unspecified atom stereocenters. The van der Waals surface area contributed by atoms with E-state index in [1.165, 1.54) is 22.3 Å². The Labute approximate surface area is 125 Å². The van der Waals surface area contributed by atoms with Crippen LogP contribution in [0.5, 0.6) is 0 Å². The molecule has 15 heavy (non-hydrogen) atoms. The molecule has 0 aromatic heterocycles. The van der Waals surface area contributed by atoms with Crippen LogP contribution in [0, 0.1) is 27.7 Å². The SMILES string of the molecule is C[SiH]C.Cc1[cH-]c(C)c(C)c1C.[Cl-].[Cl-].[Ti+3]. The minimum absolute atomic E-state index is 0. The molecule has 0 aliphatic carbocycles. The molecule has 0 spiro atoms. The summed E-state index contributed by atoms with van der Waals surface area (Å²) in [6.45, 7) is 13.1. The van der Waals surface area contributed by atoms with E-state index in [2.05, 4.69) is 46.9 Å². The third kappa shape index (κ3) is 8.65. The maximum Gasteiger partial charge on any atom is 3.00 e. The van der Waals surface area contributed by atoms with E-state index in [1.54, 1.807) is 0 Å². The van der Waals surface area contributed by atoms with Gasteiger partial charge in [-0.05, 0) is 0 Å². The van der Waals surface area contributed by atoms with Crippen molar-refractivity contribution in [3.63, 3.8) is 0 Å². The number of hydrogen-bond acceptors (Lipinski definition) is 0. The second-order valence-electron chi connectivity index (χ2n) is 3.34. The van der Waals surface area contributed by atoms with Crippen molar-refractivity contribution in [2.45, 2.75) is 40.8 Å². The Morgan fingerprint density at radius 3 is 1.07 bits per heavy atom. The molecule has 1 aromatic rings. The van der Waals surface area contributed by atoms with Crippen molar-refractivity contribution in [1.82, 2.24) is 0 Å². The van der Waals surface area contributed by atoms with Gasteiger partial charge in [0.25, 0.3) is 0 Å². The summed E-state index contributed by atoms with van der Waals surface area (Å²) in [4.78, 5) is 0. The van der Waals surface area contributed by atoms with Crippen LogP contribution < -0.4 is 24.8 Å². The van der Waals surface area contributed by atoms with Gasteiger partial charge in [0.15, 0.2) is 0 Å². The van der Waals surface area contributed by atoms with Crippen LogP contribution in [0.25, 0.3) is 0 Å². The van der Waals surface area contributed by atoms with Gasteiger partial charge in [-0.3, -0.25) is 0 Å². The maximum atomic E-state index is 2.24. The second-order valence-corrected chi connectivity index (χ2v) is 4.49. The van der Waals surface area contributed by atoms with Crippen molar-refractivity contribution in [2.24, 2.45) is 0 Å². The van der Waals surface area contributed by atoms with E-state index < -0.39 is 0 Å². The third-order valence-corrected chi connectivity index (χ3v) is 2.18. The Bertz CT molecular complexity index is 224. The minimum Gasteiger partial charge on any atom is -1.00 e. The minimum atomic E-state index is 0. The summed E-state index contributed by atoms with van der Waals surface area (Å²) in [5.41, 5.74) is 5.75. The van der Waals surface area contributed by atoms with Crippen molar-refractivity contribution in [3.05, 3.63) is 28.3 Å². The number of halogens is 2. The molecular weight excluding hydrogens is 279 g/mol. The first-order valence-corrected chi connectivity index (χ1v) is 6.79. The van der Waals surface area contributed by atoms with E-state index >= 15 is 0 Å². The van der Waals surface area contributed by atoms with E-state index in [1.807, 2.05) is 0 Å². The van der Waals surface area contributed by atoms with Gasteiger partial charge in [0.2, 0.25) is 0 Å². The van der Waals surface area contributed by atoms with E-state index in [0.29, 0.717) is 0 Å². The first-order valence-electron chi connectivity index (χ1n) is 4.48. The van der Waals surface area contributed by atoms with Crippen molar-refractivity contribution in [3.8, 4) is 0 Å². The average molecular weight is 299 g/mol. The molecule has 0 fully saturated rings. The Kier molecular flexibility index (Phi) is 21.5. The maximum absolute atomic E-state index is 2.24. The largest absolute Gasteiger partial charge is 3.00 e. The third-order valence-electron chi connectivity index (χ3n) is 2.18. The van der Waals surface area contributed by atoms with Crippen LogP contribution in [0.3, 0.4) is 0 Å². The van der Waals surface area contributed by atoms with E-state index in [9.17, 15) is 0 Å². The molecule has 86 valence electrons. The molecule has 0 saturated heterocycles. The Morgan fingerprint density at radius 1 is 0.800 bits per heavy atom. The van der Waals surface area contributed by atoms with Gasteiger partial charge in [-0.2, -0.15) is 28.3 Å². The van der Waals surface area contributed by atoms with Crippen LogP contribution in [0.15, 0.2) is 6.07 Å². The Balaban J connectivity index is -0.0000000917. The fraction of sp³-hybridized carbons (Fsp3) is 0.545. The summed E-state index contributed by atoms with van der Waals surface area (Å²) in [5, 5.41) is 0. The first kappa shape index (κ1) is 24.9. The molecule has 1 aromatic carbocycles. The predicted octanol–water partition coefficient (Wildman–Crippen LogP) is -2.84. The van der Waals surface area contributed by atoms with Crippen LogP contribution in [0.1, 0.15) is 22.3 Å². The van der Waals surface area contributed by atoms with Crippen molar-refractivity contribution in [2.75, 3.05) is 0 Å². The first-order chi connectivity index (χ1) is 5.54. The van der Waals surface area contributed by atoms with Gasteiger partial charge < -0.3 is 24.8 Å². The van der Waals surface area contributed by atoms with Crippen LogP contribution in [-0.4, -0.2) is 9.52 Å². The summed E-state index contributed by atoms with van der Waals surface area (Å²) in [7, 11) is 0.750. The van der Waals surface area contributed by atoms with Crippen LogP contribution in [0.4, 0.5) is 0 Å². The molecule has 0 N–H and O–H groups in total. The van der Waals surface area contributed by atoms with Gasteiger partial charge in [0.05, 0.1) is 0 Å². The molecule has 0 aliphatic heterocycles. The molecule has 0 aliphatic rings. The van der Waals surface area contributed by atoms with Gasteiger partial charge >= 0.3 is 21.7 Å². The fourth-order valence-electron chi connectivity index (χ4n) is 1.13. The van der Waals surface area contributed by atoms with E-state index in [4.69, 9.17) is 0 Å². The second kappa shape index (κ2) is 12.9. The van der Waals surface area contributed by atoms with Crippen LogP contribution in [0.2, 0.25) is 13.1 Å². The zero-order valence-electron chi connectivity index (χ0n) is 10.4. The van der Waals surface area contributed by atoms with Crippen LogP contribution in [-0.2, 0) is 21.7 Å². The van der Waals surface area contributed by atoms with Gasteiger partial charge in [-0.25, -0.2) is 0 Å². The van der Waals surface area contributed by atoms with E-state index in [-0.39, 0.29) is 46.5 Å². The number of rotatable bonds is 0. The molecule has 2 radical (unpaired) electrons. The molecule has 0 bridgehead atoms. The number of hydrogen-bond donors (Lipinski definition) is 0. The monoisotopic (exact) mass is 298 g/mol. The molecular formula is C11H20Cl2SiTi. The average Bonchev–Trinajstić information content (AvgIpc) is 2.20. The quantitative estimate of drug-likeness (QED) is 0.358. The molecule has 0 nitrogen and oxygen atoms in total. The Morgan fingerprint density at radius 2 is 1.00 bits per heavy atom. The van der Waals surface area contributed by atoms with Gasteiger partial charge in [-0.15, -0.1) is 0 Å². The smallest absolute Gasteiger partial charge is 1.00 e. The Hall–Kier alpha value is 0.861. The van der Waals surface area contributed by atoms with Crippen molar-refractivity contribution >= 4 is 9.52 Å². The van der Waals surface area contributed by atoms with Crippen molar-refractivity contribution in [1.29, 1.82) is 0 Å². The molecule has 4 heteroatoms. The summed E-state index contributed by atoms with van der Waals surface area (Å²) in [6.07, 6.45) is 0. The predicted molar refractivity (Wildman–Crippen MR) is 59.9 cm³/mol. The van der Waals surface area contributed by atoms with Gasteiger partial charge in [0, 0.05) is 9.52 Å². The zero-order valence-corrected chi connectivity index (χ0v) is 14.6. The summed E-state index contributed by atoms with van der Waals surface area (Å²) in [6, 6.07) is 2.24. The summed E-state index contributed by atoms with van der Waals surface area (Å²) < 4.78 is 0. The summed E-state index contributed by atoms with van der Waals surface area (Å²) >= 11 is 0. The van der Waals surface area contributed by atoms with E-state index in [0.717, 1.165) is 9.52 Å². The van der Waals surface area contributed by atoms with Crippen molar-refractivity contribution < 1.29 is 46.5 Å². The standard InChI is InChI=1S/C9H13.C2H7Si.2ClH.Ti/c1-6-5-7(2)9(4)8(6)3;1-3-2;;;/h5H,1-4H3;3H,1-2H3;2*1H;/q-1;;;;+3/p-2. The van der Waals surface area contributed by atoms with Gasteiger partial charge in [-0.1, -0.05) is 40.8 Å². The summed E-state index contributed by atoms with van der Waals surface area (Å²) in [5.74, 6) is 0.